The number of likely N-dealkylation sites (tertiary alicyclic amines) is 1. The molecule has 0 aliphatic carbocycles. The molecule has 5 rings (SSSR count). The molecule has 9 nitrogen and oxygen atoms in total. The third-order valence-electron chi connectivity index (χ3n) is 6.49. The molecule has 34 heavy (non-hydrogen) atoms. The van der Waals surface area contributed by atoms with E-state index >= 15 is 0 Å². The molecule has 4 heterocycles. The zero-order valence-electron chi connectivity index (χ0n) is 18.9. The summed E-state index contributed by atoms with van der Waals surface area (Å²) in [5, 5.41) is 10.6. The molecule has 2 aromatic rings. The van der Waals surface area contributed by atoms with Crippen LogP contribution in [0.3, 0.4) is 0 Å². The van der Waals surface area contributed by atoms with Crippen molar-refractivity contribution < 1.29 is 24.2 Å². The summed E-state index contributed by atoms with van der Waals surface area (Å²) in [6.45, 7) is 6.77. The van der Waals surface area contributed by atoms with Crippen molar-refractivity contribution in [3.8, 4) is 11.5 Å². The van der Waals surface area contributed by atoms with Gasteiger partial charge in [0.2, 0.25) is 12.7 Å². The van der Waals surface area contributed by atoms with E-state index in [9.17, 15) is 9.59 Å². The van der Waals surface area contributed by atoms with Gasteiger partial charge >= 0.3 is 5.97 Å². The van der Waals surface area contributed by atoms with Gasteiger partial charge in [-0.15, -0.1) is 11.3 Å². The van der Waals surface area contributed by atoms with Crippen LogP contribution in [0.25, 0.3) is 0 Å². The normalized spacial score (nSPS) is 20.9. The monoisotopic (exact) mass is 504 g/mol. The minimum absolute atomic E-state index is 0.0836. The van der Waals surface area contributed by atoms with Crippen LogP contribution < -0.4 is 9.47 Å². The second kappa shape index (κ2) is 10.5. The number of benzene rings is 1. The molecule has 1 aromatic heterocycles. The lowest BCUT2D eigenvalue weighted by Gasteiger charge is -2.37. The SMILES string of the molecule is O=C(O)c1csc(SCCN2C(=O)CCC2CN2CCN(Cc3ccc4c(c3)OCO4)CC2)n1. The van der Waals surface area contributed by atoms with Crippen molar-refractivity contribution in [3.63, 3.8) is 0 Å². The number of nitrogens with zero attached hydrogens (tertiary/aromatic N) is 4. The zero-order valence-corrected chi connectivity index (χ0v) is 20.5. The Morgan fingerprint density at radius 3 is 2.76 bits per heavy atom. The van der Waals surface area contributed by atoms with Crippen LogP contribution in [0.4, 0.5) is 0 Å². The Hall–Kier alpha value is -2.34. The minimum Gasteiger partial charge on any atom is -0.476 e. The number of amides is 1. The largest absolute Gasteiger partial charge is 0.476 e. The smallest absolute Gasteiger partial charge is 0.355 e. The topological polar surface area (TPSA) is 95.4 Å². The number of rotatable bonds is 9. The molecule has 1 atom stereocenters. The molecule has 0 bridgehead atoms. The van der Waals surface area contributed by atoms with Crippen LogP contribution in [0.5, 0.6) is 11.5 Å². The minimum atomic E-state index is -1.01. The van der Waals surface area contributed by atoms with Crippen LogP contribution in [0.15, 0.2) is 27.9 Å². The van der Waals surface area contributed by atoms with Gasteiger partial charge in [-0.2, -0.15) is 0 Å². The van der Waals surface area contributed by atoms with Crippen LogP contribution in [0.2, 0.25) is 0 Å². The summed E-state index contributed by atoms with van der Waals surface area (Å²) in [4.78, 5) is 34.5. The molecular weight excluding hydrogens is 476 g/mol. The number of carbonyl (C=O) groups is 2. The number of aromatic nitrogens is 1. The second-order valence-corrected chi connectivity index (χ2v) is 10.9. The molecule has 1 unspecified atom stereocenters. The standard InChI is InChI=1S/C23H28N4O5S2/c28-21-4-2-17(27(21)9-10-33-23-24-18(14-34-23)22(29)30)13-26-7-5-25(6-8-26)12-16-1-3-19-20(11-16)32-15-31-19/h1,3,11,14,17H,2,4-10,12-13,15H2,(H,29,30). The Kier molecular flexibility index (Phi) is 7.23. The van der Waals surface area contributed by atoms with Crippen molar-refractivity contribution in [3.05, 3.63) is 34.8 Å². The fourth-order valence-corrected chi connectivity index (χ4v) is 6.48. The number of hydrogen-bond acceptors (Lipinski definition) is 9. The van der Waals surface area contributed by atoms with E-state index in [4.69, 9.17) is 14.6 Å². The maximum atomic E-state index is 12.5. The van der Waals surface area contributed by atoms with Crippen LogP contribution in [0.1, 0.15) is 28.9 Å². The van der Waals surface area contributed by atoms with E-state index in [0.717, 1.165) is 67.3 Å². The maximum Gasteiger partial charge on any atom is 0.355 e. The molecule has 0 saturated carbocycles. The fraction of sp³-hybridized carbons (Fsp3) is 0.522. The van der Waals surface area contributed by atoms with E-state index in [1.165, 1.54) is 28.7 Å². The van der Waals surface area contributed by atoms with Gasteiger partial charge in [0.05, 0.1) is 0 Å². The van der Waals surface area contributed by atoms with Crippen LogP contribution >= 0.6 is 23.1 Å². The first-order valence-electron chi connectivity index (χ1n) is 11.5. The Morgan fingerprint density at radius 1 is 1.18 bits per heavy atom. The third-order valence-corrected chi connectivity index (χ3v) is 8.49. The van der Waals surface area contributed by atoms with Crippen molar-refractivity contribution in [1.82, 2.24) is 19.7 Å². The van der Waals surface area contributed by atoms with Gasteiger partial charge in [0.15, 0.2) is 21.5 Å². The van der Waals surface area contributed by atoms with Gasteiger partial charge in [0.25, 0.3) is 0 Å². The number of hydrogen-bond donors (Lipinski definition) is 1. The lowest BCUT2D eigenvalue weighted by atomic mass is 10.1. The number of ether oxygens (including phenoxy) is 2. The molecular formula is C23H28N4O5S2. The fourth-order valence-electron chi connectivity index (χ4n) is 4.67. The van der Waals surface area contributed by atoms with Crippen LogP contribution in [-0.4, -0.2) is 94.5 Å². The number of piperazine rings is 1. The van der Waals surface area contributed by atoms with Gasteiger partial charge in [-0.1, -0.05) is 17.8 Å². The molecule has 2 fully saturated rings. The van der Waals surface area contributed by atoms with Crippen molar-refractivity contribution in [2.24, 2.45) is 0 Å². The van der Waals surface area contributed by atoms with E-state index < -0.39 is 5.97 Å². The van der Waals surface area contributed by atoms with Gasteiger partial charge in [-0.3, -0.25) is 14.6 Å². The Labute approximate surface area is 206 Å². The summed E-state index contributed by atoms with van der Waals surface area (Å²) in [5.41, 5.74) is 1.32. The highest BCUT2D eigenvalue weighted by Gasteiger charge is 2.32. The number of carbonyl (C=O) groups excluding carboxylic acids is 1. The van der Waals surface area contributed by atoms with Crippen molar-refractivity contribution in [1.29, 1.82) is 0 Å². The lowest BCUT2D eigenvalue weighted by Crippen LogP contribution is -2.50. The first-order chi connectivity index (χ1) is 16.5. The van der Waals surface area contributed by atoms with Crippen molar-refractivity contribution in [2.45, 2.75) is 29.8 Å². The average molecular weight is 505 g/mol. The summed E-state index contributed by atoms with van der Waals surface area (Å²) in [5.74, 6) is 1.58. The van der Waals surface area contributed by atoms with Crippen molar-refractivity contribution >= 4 is 35.0 Å². The molecule has 3 aliphatic heterocycles. The first kappa shape index (κ1) is 23.4. The van der Waals surface area contributed by atoms with Crippen LogP contribution in [-0.2, 0) is 11.3 Å². The molecule has 0 radical (unpaired) electrons. The molecule has 1 aromatic carbocycles. The van der Waals surface area contributed by atoms with Gasteiger partial charge < -0.3 is 19.5 Å². The second-order valence-electron chi connectivity index (χ2n) is 8.70. The molecule has 0 spiro atoms. The average Bonchev–Trinajstić information content (AvgIpc) is 3.57. The van der Waals surface area contributed by atoms with E-state index in [0.29, 0.717) is 19.8 Å². The molecule has 1 N–H and O–H groups in total. The highest BCUT2D eigenvalue weighted by atomic mass is 32.2. The van der Waals surface area contributed by atoms with E-state index in [1.807, 2.05) is 11.0 Å². The Balaban J connectivity index is 1.06. The predicted octanol–water partition coefficient (Wildman–Crippen LogP) is 2.47. The zero-order chi connectivity index (χ0) is 23.5. The summed E-state index contributed by atoms with van der Waals surface area (Å²) in [7, 11) is 0. The summed E-state index contributed by atoms with van der Waals surface area (Å²) in [6.07, 6.45) is 1.52. The van der Waals surface area contributed by atoms with Crippen molar-refractivity contribution in [2.75, 3.05) is 51.8 Å². The number of fused-ring (bicyclic) bond motifs is 1. The van der Waals surface area contributed by atoms with E-state index in [1.54, 1.807) is 5.38 Å². The molecule has 182 valence electrons. The Morgan fingerprint density at radius 2 is 1.97 bits per heavy atom. The third kappa shape index (κ3) is 5.48. The Bertz CT molecular complexity index is 1040. The van der Waals surface area contributed by atoms with Gasteiger partial charge in [-0.05, 0) is 24.1 Å². The maximum absolute atomic E-state index is 12.5. The molecule has 3 aliphatic rings. The first-order valence-corrected chi connectivity index (χ1v) is 13.4. The molecule has 11 heteroatoms. The summed E-state index contributed by atoms with van der Waals surface area (Å²) < 4.78 is 11.6. The summed E-state index contributed by atoms with van der Waals surface area (Å²) in [6, 6.07) is 6.41. The number of thioether (sulfide) groups is 1. The quantitative estimate of drug-likeness (QED) is 0.517. The van der Waals surface area contributed by atoms with Crippen LogP contribution in [0, 0.1) is 0 Å². The van der Waals surface area contributed by atoms with E-state index in [2.05, 4.69) is 26.9 Å². The number of thiazole rings is 1. The number of aromatic carboxylic acids is 1. The molecule has 1 amide bonds. The number of carboxylic acid groups (broad SMARTS) is 1. The van der Waals surface area contributed by atoms with Gasteiger partial charge in [0.1, 0.15) is 0 Å². The predicted molar refractivity (Wildman–Crippen MR) is 129 cm³/mol. The number of carboxylic acids is 1. The summed E-state index contributed by atoms with van der Waals surface area (Å²) >= 11 is 2.86. The van der Waals surface area contributed by atoms with Gasteiger partial charge in [-0.25, -0.2) is 9.78 Å². The lowest BCUT2D eigenvalue weighted by molar-refractivity contribution is -0.128. The van der Waals surface area contributed by atoms with E-state index in [-0.39, 0.29) is 17.6 Å². The molecule has 2 saturated heterocycles. The van der Waals surface area contributed by atoms with Gasteiger partial charge in [0, 0.05) is 69.4 Å². The highest BCUT2D eigenvalue weighted by molar-refractivity contribution is 8.01. The highest BCUT2D eigenvalue weighted by Crippen LogP contribution is 2.33.